The number of aliphatic carboxylic acids is 2. The molecule has 13 nitrogen and oxygen atoms in total. The van der Waals surface area contributed by atoms with Crippen LogP contribution in [0.15, 0.2) is 42.5 Å². The summed E-state index contributed by atoms with van der Waals surface area (Å²) in [5, 5.41) is 24.2. The number of carboxylic acids is 2. The molecule has 1 fully saturated rings. The molecule has 0 saturated carbocycles. The quantitative estimate of drug-likeness (QED) is 0.291. The molecule has 2 aliphatic heterocycles. The first kappa shape index (κ1) is 32.2. The highest BCUT2D eigenvalue weighted by Crippen LogP contribution is 2.32. The first-order chi connectivity index (χ1) is 19.9. The van der Waals surface area contributed by atoms with E-state index in [0.717, 1.165) is 4.90 Å². The summed E-state index contributed by atoms with van der Waals surface area (Å²) in [6, 6.07) is 9.92. The first-order valence-electron chi connectivity index (χ1n) is 12.5. The number of benzene rings is 2. The van der Waals surface area contributed by atoms with Crippen LogP contribution >= 0.6 is 0 Å². The number of imide groups is 2. The van der Waals surface area contributed by atoms with Gasteiger partial charge >= 0.3 is 18.1 Å². The molecule has 5 N–H and O–H groups in total. The minimum Gasteiger partial charge on any atom is -0.481 e. The van der Waals surface area contributed by atoms with E-state index in [0.29, 0.717) is 11.3 Å². The van der Waals surface area contributed by atoms with Gasteiger partial charge < -0.3 is 20.8 Å². The summed E-state index contributed by atoms with van der Waals surface area (Å²) in [5.74, 6) is -6.63. The standard InChI is InChI=1S/C25H24N4O7.C2HF3O2/c1-25(2,24(35)36)13-6-8-14(9-7-13)27-19(31)12-26-16-5-3-4-15-20(16)23(34)29(22(15)33)17-10-11-18(30)28-21(17)32;3-2(4,5)1(6)7/h3-9,17,26H,10-12H2,1-2H3,(H,27,31)(H,35,36)(H,28,30,32);(H,6,7). The molecule has 2 heterocycles. The number of amides is 5. The largest absolute Gasteiger partial charge is 0.490 e. The van der Waals surface area contributed by atoms with Gasteiger partial charge in [0.2, 0.25) is 17.7 Å². The van der Waals surface area contributed by atoms with Crippen molar-refractivity contribution in [2.75, 3.05) is 17.2 Å². The van der Waals surface area contributed by atoms with E-state index in [4.69, 9.17) is 9.90 Å². The topological polar surface area (TPSA) is 199 Å². The second-order valence-corrected chi connectivity index (χ2v) is 9.89. The van der Waals surface area contributed by atoms with Crippen molar-refractivity contribution in [1.29, 1.82) is 0 Å². The Balaban J connectivity index is 0.000000646. The van der Waals surface area contributed by atoms with Gasteiger partial charge in [-0.05, 0) is 50.1 Å². The van der Waals surface area contributed by atoms with Crippen molar-refractivity contribution in [1.82, 2.24) is 10.2 Å². The highest BCUT2D eigenvalue weighted by molar-refractivity contribution is 6.25. The predicted octanol–water partition coefficient (Wildman–Crippen LogP) is 2.13. The zero-order valence-electron chi connectivity index (χ0n) is 22.6. The van der Waals surface area contributed by atoms with Crippen LogP contribution in [0.2, 0.25) is 0 Å². The minimum absolute atomic E-state index is 0.0177. The second-order valence-electron chi connectivity index (χ2n) is 9.89. The number of carbonyl (C=O) groups is 7. The lowest BCUT2D eigenvalue weighted by Crippen LogP contribution is -2.54. The van der Waals surface area contributed by atoms with Crippen LogP contribution in [0.1, 0.15) is 53.0 Å². The van der Waals surface area contributed by atoms with E-state index in [2.05, 4.69) is 16.0 Å². The van der Waals surface area contributed by atoms with Crippen molar-refractivity contribution in [2.24, 2.45) is 0 Å². The fourth-order valence-electron chi connectivity index (χ4n) is 4.14. The molecule has 4 rings (SSSR count). The Bertz CT molecular complexity index is 1500. The number of nitrogens with zero attached hydrogens (tertiary/aromatic N) is 1. The molecule has 43 heavy (non-hydrogen) atoms. The lowest BCUT2D eigenvalue weighted by molar-refractivity contribution is -0.192. The zero-order valence-corrected chi connectivity index (χ0v) is 22.6. The third kappa shape index (κ3) is 7.14. The van der Waals surface area contributed by atoms with Crippen molar-refractivity contribution < 1.29 is 56.9 Å². The van der Waals surface area contributed by atoms with E-state index in [9.17, 15) is 47.0 Å². The maximum atomic E-state index is 13.1. The minimum atomic E-state index is -5.08. The molecule has 1 saturated heterocycles. The third-order valence-electron chi connectivity index (χ3n) is 6.58. The van der Waals surface area contributed by atoms with Gasteiger partial charge in [0.25, 0.3) is 11.8 Å². The molecule has 0 aromatic heterocycles. The lowest BCUT2D eigenvalue weighted by atomic mass is 9.85. The molecular formula is C27H25F3N4O9. The average Bonchev–Trinajstić information content (AvgIpc) is 3.17. The van der Waals surface area contributed by atoms with Gasteiger partial charge in [0.1, 0.15) is 6.04 Å². The third-order valence-corrected chi connectivity index (χ3v) is 6.58. The molecule has 0 aliphatic carbocycles. The number of carboxylic acid groups (broad SMARTS) is 2. The Kier molecular flexibility index (Phi) is 9.22. The predicted molar refractivity (Wildman–Crippen MR) is 141 cm³/mol. The van der Waals surface area contributed by atoms with Crippen LogP contribution in [-0.2, 0) is 29.4 Å². The Morgan fingerprint density at radius 1 is 0.953 bits per heavy atom. The number of alkyl halides is 3. The van der Waals surface area contributed by atoms with Crippen molar-refractivity contribution >= 4 is 52.8 Å². The van der Waals surface area contributed by atoms with Crippen molar-refractivity contribution in [3.63, 3.8) is 0 Å². The fourth-order valence-corrected chi connectivity index (χ4v) is 4.14. The number of hydrogen-bond donors (Lipinski definition) is 5. The first-order valence-corrected chi connectivity index (χ1v) is 12.5. The van der Waals surface area contributed by atoms with Crippen LogP contribution in [0, 0.1) is 0 Å². The molecule has 1 unspecified atom stereocenters. The fraction of sp³-hybridized carbons (Fsp3) is 0.296. The van der Waals surface area contributed by atoms with Gasteiger partial charge in [0.15, 0.2) is 0 Å². The van der Waals surface area contributed by atoms with Gasteiger partial charge in [-0.25, -0.2) is 4.79 Å². The summed E-state index contributed by atoms with van der Waals surface area (Å²) in [4.78, 5) is 83.4. The van der Waals surface area contributed by atoms with Crippen LogP contribution in [-0.4, -0.2) is 75.4 Å². The molecule has 0 spiro atoms. The van der Waals surface area contributed by atoms with E-state index in [1.54, 1.807) is 50.2 Å². The molecule has 2 aliphatic rings. The summed E-state index contributed by atoms with van der Waals surface area (Å²) in [5.41, 5.74) is 0.375. The monoisotopic (exact) mass is 606 g/mol. The number of anilines is 2. The molecule has 1 atom stereocenters. The van der Waals surface area contributed by atoms with Crippen LogP contribution in [0.3, 0.4) is 0 Å². The van der Waals surface area contributed by atoms with Gasteiger partial charge in [-0.1, -0.05) is 18.2 Å². The molecule has 16 heteroatoms. The average molecular weight is 607 g/mol. The molecular weight excluding hydrogens is 581 g/mol. The van der Waals surface area contributed by atoms with E-state index in [1.807, 2.05) is 0 Å². The van der Waals surface area contributed by atoms with Crippen molar-refractivity contribution in [3.05, 3.63) is 59.2 Å². The number of halogens is 3. The van der Waals surface area contributed by atoms with E-state index >= 15 is 0 Å². The van der Waals surface area contributed by atoms with Crippen molar-refractivity contribution in [3.8, 4) is 0 Å². The smallest absolute Gasteiger partial charge is 0.481 e. The van der Waals surface area contributed by atoms with Crippen LogP contribution in [0.5, 0.6) is 0 Å². The summed E-state index contributed by atoms with van der Waals surface area (Å²) in [6.45, 7) is 2.94. The van der Waals surface area contributed by atoms with E-state index in [1.165, 1.54) is 6.07 Å². The summed E-state index contributed by atoms with van der Waals surface area (Å²) in [7, 11) is 0. The molecule has 0 radical (unpaired) electrons. The second kappa shape index (κ2) is 12.3. The Morgan fingerprint density at radius 3 is 2.09 bits per heavy atom. The SMILES string of the molecule is CC(C)(C(=O)O)c1ccc(NC(=O)CNc2cccc3c2C(=O)N(C2CCC(=O)NC2=O)C3=O)cc1.O=C(O)C(F)(F)F. The van der Waals surface area contributed by atoms with E-state index in [-0.39, 0.29) is 36.2 Å². The molecule has 5 amide bonds. The zero-order chi connectivity index (χ0) is 32.3. The number of carbonyl (C=O) groups excluding carboxylic acids is 5. The van der Waals surface area contributed by atoms with Gasteiger partial charge in [0, 0.05) is 17.8 Å². The summed E-state index contributed by atoms with van der Waals surface area (Å²) in [6.07, 6.45) is -5.02. The Hall–Kier alpha value is -5.28. The Labute approximate surface area is 241 Å². The molecule has 228 valence electrons. The van der Waals surface area contributed by atoms with Crippen LogP contribution in [0.4, 0.5) is 24.5 Å². The number of rotatable bonds is 7. The molecule has 2 aromatic carbocycles. The van der Waals surface area contributed by atoms with Crippen LogP contribution < -0.4 is 16.0 Å². The highest BCUT2D eigenvalue weighted by Gasteiger charge is 2.45. The van der Waals surface area contributed by atoms with Gasteiger partial charge in [0.05, 0.1) is 23.1 Å². The number of hydrogen-bond acceptors (Lipinski definition) is 8. The summed E-state index contributed by atoms with van der Waals surface area (Å²) >= 11 is 0. The Morgan fingerprint density at radius 2 is 1.56 bits per heavy atom. The normalized spacial score (nSPS) is 16.5. The maximum absolute atomic E-state index is 13.1. The van der Waals surface area contributed by atoms with Crippen LogP contribution in [0.25, 0.3) is 0 Å². The molecule has 2 aromatic rings. The summed E-state index contributed by atoms with van der Waals surface area (Å²) < 4.78 is 31.7. The molecule has 0 bridgehead atoms. The number of nitrogens with one attached hydrogen (secondary N) is 3. The van der Waals surface area contributed by atoms with E-state index < -0.39 is 59.1 Å². The highest BCUT2D eigenvalue weighted by atomic mass is 19.4. The lowest BCUT2D eigenvalue weighted by Gasteiger charge is -2.27. The maximum Gasteiger partial charge on any atom is 0.490 e. The van der Waals surface area contributed by atoms with Gasteiger partial charge in [-0.15, -0.1) is 0 Å². The van der Waals surface area contributed by atoms with Gasteiger partial charge in [-0.2, -0.15) is 13.2 Å². The number of fused-ring (bicyclic) bond motifs is 1. The number of piperidine rings is 1. The van der Waals surface area contributed by atoms with Crippen molar-refractivity contribution in [2.45, 2.75) is 44.3 Å². The van der Waals surface area contributed by atoms with Gasteiger partial charge in [-0.3, -0.25) is 39.0 Å².